The van der Waals surface area contributed by atoms with Gasteiger partial charge in [0.2, 0.25) is 0 Å². The molecule has 0 aliphatic carbocycles. The fraction of sp³-hybridized carbons (Fsp3) is 0.286. The summed E-state index contributed by atoms with van der Waals surface area (Å²) in [4.78, 5) is 5.79. The van der Waals surface area contributed by atoms with Gasteiger partial charge in [0, 0.05) is 39.6 Å². The molecule has 0 aliphatic heterocycles. The summed E-state index contributed by atoms with van der Waals surface area (Å²) in [7, 11) is 0. The van der Waals surface area contributed by atoms with Crippen molar-refractivity contribution in [1.29, 1.82) is 5.41 Å². The Morgan fingerprint density at radius 3 is 2.00 bits per heavy atom. The van der Waals surface area contributed by atoms with Gasteiger partial charge in [-0.15, -0.1) is 25.3 Å². The van der Waals surface area contributed by atoms with Gasteiger partial charge in [-0.05, 0) is 27.7 Å². The summed E-state index contributed by atoms with van der Waals surface area (Å²) in [6.07, 6.45) is 8.39. The van der Waals surface area contributed by atoms with Gasteiger partial charge in [0.15, 0.2) is 0 Å². The maximum atomic E-state index is 7.21. The van der Waals surface area contributed by atoms with Crippen molar-refractivity contribution in [2.45, 2.75) is 27.7 Å². The molecule has 0 aromatic rings. The Labute approximate surface area is 121 Å². The van der Waals surface area contributed by atoms with E-state index in [2.05, 4.69) is 30.2 Å². The second kappa shape index (κ2) is 9.00. The number of rotatable bonds is 5. The second-order valence-electron chi connectivity index (χ2n) is 3.77. The number of aliphatic imine (C=N–C) groups is 1. The van der Waals surface area contributed by atoms with Crippen LogP contribution in [-0.2, 0) is 0 Å². The first-order valence-corrected chi connectivity index (χ1v) is 6.49. The first kappa shape index (κ1) is 17.0. The highest BCUT2D eigenvalue weighted by Crippen LogP contribution is 2.17. The lowest BCUT2D eigenvalue weighted by Gasteiger charge is -2.02. The Bertz CT molecular complexity index is 448. The van der Waals surface area contributed by atoms with Crippen LogP contribution in [0.4, 0.5) is 0 Å². The number of thiol groups is 2. The van der Waals surface area contributed by atoms with E-state index in [1.165, 1.54) is 6.21 Å². The van der Waals surface area contributed by atoms with Crippen molar-refractivity contribution in [3.05, 3.63) is 44.9 Å². The van der Waals surface area contributed by atoms with Crippen LogP contribution in [0.15, 0.2) is 49.9 Å². The number of allylic oxidation sites excluding steroid dienone is 5. The molecule has 0 bridgehead atoms. The van der Waals surface area contributed by atoms with E-state index in [-0.39, 0.29) is 0 Å². The predicted molar refractivity (Wildman–Crippen MR) is 89.2 cm³/mol. The first-order valence-electron chi connectivity index (χ1n) is 5.60. The summed E-state index contributed by atoms with van der Waals surface area (Å²) in [6, 6.07) is 0. The van der Waals surface area contributed by atoms with Gasteiger partial charge in [0.1, 0.15) is 0 Å². The maximum absolute atomic E-state index is 7.21. The van der Waals surface area contributed by atoms with E-state index in [9.17, 15) is 0 Å². The van der Waals surface area contributed by atoms with E-state index < -0.39 is 0 Å². The Hall–Kier alpha value is -1.00. The van der Waals surface area contributed by atoms with Crippen LogP contribution < -0.4 is 0 Å². The summed E-state index contributed by atoms with van der Waals surface area (Å²) in [5.74, 6) is 0. The normalized spacial score (nSPS) is 14.0. The van der Waals surface area contributed by atoms with Crippen LogP contribution >= 0.6 is 25.3 Å². The van der Waals surface area contributed by atoms with Gasteiger partial charge in [-0.3, -0.25) is 4.99 Å². The third kappa shape index (κ3) is 5.56. The van der Waals surface area contributed by atoms with E-state index in [1.807, 2.05) is 39.8 Å². The van der Waals surface area contributed by atoms with Gasteiger partial charge < -0.3 is 5.41 Å². The van der Waals surface area contributed by atoms with Crippen molar-refractivity contribution in [2.24, 2.45) is 4.99 Å². The van der Waals surface area contributed by atoms with Crippen molar-refractivity contribution >= 4 is 37.7 Å². The second-order valence-corrected chi connectivity index (χ2v) is 4.70. The molecule has 0 amide bonds. The quantitative estimate of drug-likeness (QED) is 0.374. The van der Waals surface area contributed by atoms with Gasteiger partial charge in [0.25, 0.3) is 0 Å². The molecule has 1 N–H and O–H groups in total. The fourth-order valence-corrected chi connectivity index (χ4v) is 1.58. The van der Waals surface area contributed by atoms with E-state index in [0.29, 0.717) is 4.91 Å². The lowest BCUT2D eigenvalue weighted by molar-refractivity contribution is 1.36. The van der Waals surface area contributed by atoms with E-state index >= 15 is 0 Å². The van der Waals surface area contributed by atoms with Crippen LogP contribution in [0.3, 0.4) is 0 Å². The lowest BCUT2D eigenvalue weighted by atomic mass is 10.2. The molecule has 0 unspecified atom stereocenters. The Morgan fingerprint density at radius 2 is 1.61 bits per heavy atom. The number of nitrogens with zero attached hydrogens (tertiary/aromatic N) is 1. The Balaban J connectivity index is 5.03. The van der Waals surface area contributed by atoms with Crippen LogP contribution in [-0.4, -0.2) is 12.4 Å². The molecule has 0 atom stereocenters. The van der Waals surface area contributed by atoms with Gasteiger partial charge >= 0.3 is 0 Å². The van der Waals surface area contributed by atoms with Crippen molar-refractivity contribution in [3.8, 4) is 0 Å². The molecule has 0 aromatic carbocycles. The van der Waals surface area contributed by atoms with E-state index in [4.69, 9.17) is 5.41 Å². The molecule has 0 rings (SSSR count). The molecule has 0 saturated heterocycles. The third-order valence-corrected chi connectivity index (χ3v) is 3.31. The average molecular weight is 280 g/mol. The van der Waals surface area contributed by atoms with Gasteiger partial charge in [-0.1, -0.05) is 17.7 Å². The van der Waals surface area contributed by atoms with Crippen molar-refractivity contribution in [1.82, 2.24) is 0 Å². The topological polar surface area (TPSA) is 36.2 Å². The fourth-order valence-electron chi connectivity index (χ4n) is 1.13. The average Bonchev–Trinajstić information content (AvgIpc) is 2.35. The molecule has 0 saturated carbocycles. The molecule has 0 spiro atoms. The highest BCUT2D eigenvalue weighted by Gasteiger charge is 1.98. The van der Waals surface area contributed by atoms with Gasteiger partial charge in [0.05, 0.1) is 0 Å². The lowest BCUT2D eigenvalue weighted by Crippen LogP contribution is -1.88. The minimum Gasteiger partial charge on any atom is -0.308 e. The zero-order valence-corrected chi connectivity index (χ0v) is 13.0. The zero-order valence-electron chi connectivity index (χ0n) is 11.2. The van der Waals surface area contributed by atoms with E-state index in [0.717, 1.165) is 21.6 Å². The summed E-state index contributed by atoms with van der Waals surface area (Å²) in [6.45, 7) is 7.82. The standard InChI is InChI=1S/C14H20N2S2/c1-5-11(7-15)13(17)9-16-8-12(6-2)14(18)10(3)4/h5-9,15,17-18H,1-4H3/b11-5-,12-6-,13-9+,15-7?,16-8+. The smallest absolute Gasteiger partial charge is 0.0408 e. The van der Waals surface area contributed by atoms with Crippen molar-refractivity contribution < 1.29 is 0 Å². The van der Waals surface area contributed by atoms with Gasteiger partial charge in [-0.2, -0.15) is 0 Å². The minimum atomic E-state index is 0.664. The Morgan fingerprint density at radius 1 is 1.06 bits per heavy atom. The summed E-state index contributed by atoms with van der Waals surface area (Å²) in [5.41, 5.74) is 2.85. The van der Waals surface area contributed by atoms with Crippen LogP contribution in [0.5, 0.6) is 0 Å². The summed E-state index contributed by atoms with van der Waals surface area (Å²) in [5, 5.41) is 7.21. The number of hydrogen-bond acceptors (Lipinski definition) is 4. The Kier molecular flexibility index (Phi) is 8.50. The van der Waals surface area contributed by atoms with Gasteiger partial charge in [-0.25, -0.2) is 0 Å². The molecular weight excluding hydrogens is 260 g/mol. The van der Waals surface area contributed by atoms with Crippen molar-refractivity contribution in [2.75, 3.05) is 0 Å². The first-order chi connectivity index (χ1) is 8.47. The van der Waals surface area contributed by atoms with Crippen molar-refractivity contribution in [3.63, 3.8) is 0 Å². The predicted octanol–water partition coefficient (Wildman–Crippen LogP) is 4.59. The number of nitrogens with one attached hydrogen (secondary N) is 1. The molecular formula is C14H20N2S2. The molecule has 0 heterocycles. The minimum absolute atomic E-state index is 0.664. The highest BCUT2D eigenvalue weighted by atomic mass is 32.1. The number of hydrogen-bond donors (Lipinski definition) is 3. The summed E-state index contributed by atoms with van der Waals surface area (Å²) < 4.78 is 0. The molecule has 2 nitrogen and oxygen atoms in total. The third-order valence-electron chi connectivity index (χ3n) is 2.23. The molecule has 98 valence electrons. The molecule has 0 aromatic heterocycles. The largest absolute Gasteiger partial charge is 0.308 e. The highest BCUT2D eigenvalue weighted by molar-refractivity contribution is 7.85. The molecule has 4 heteroatoms. The molecule has 0 radical (unpaired) electrons. The monoisotopic (exact) mass is 280 g/mol. The van der Waals surface area contributed by atoms with Crippen LogP contribution in [0.25, 0.3) is 0 Å². The zero-order chi connectivity index (χ0) is 14.1. The molecule has 0 fully saturated rings. The molecule has 18 heavy (non-hydrogen) atoms. The van der Waals surface area contributed by atoms with Crippen LogP contribution in [0.1, 0.15) is 27.7 Å². The maximum Gasteiger partial charge on any atom is 0.0408 e. The van der Waals surface area contributed by atoms with Crippen LogP contribution in [0, 0.1) is 5.41 Å². The van der Waals surface area contributed by atoms with E-state index in [1.54, 1.807) is 12.4 Å². The molecule has 0 aliphatic rings. The van der Waals surface area contributed by atoms with Crippen LogP contribution in [0.2, 0.25) is 0 Å². The SMILES string of the molecule is C/C=C(/C=N/C=C(S)\C(C=N)=C/C)C(S)=C(C)C. The summed E-state index contributed by atoms with van der Waals surface area (Å²) >= 11 is 8.72.